The standard InChI is InChI=1S/C13H20N4OS/c1-4-10(11-6-5-7-19-11)15-13-17-16-12(18-13)8-14-9(2)3/h5-7,9-10,14H,4,8H2,1-3H3,(H,15,17). The first-order chi connectivity index (χ1) is 9.19. The summed E-state index contributed by atoms with van der Waals surface area (Å²) in [6.45, 7) is 6.90. The van der Waals surface area contributed by atoms with Crippen LogP contribution in [-0.2, 0) is 6.54 Å². The highest BCUT2D eigenvalue weighted by atomic mass is 32.1. The van der Waals surface area contributed by atoms with Crippen LogP contribution in [0.5, 0.6) is 0 Å². The first-order valence-corrected chi connectivity index (χ1v) is 7.42. The lowest BCUT2D eigenvalue weighted by molar-refractivity contribution is 0.455. The minimum Gasteiger partial charge on any atom is -0.407 e. The van der Waals surface area contributed by atoms with Crippen molar-refractivity contribution in [2.45, 2.75) is 45.8 Å². The predicted molar refractivity (Wildman–Crippen MR) is 77.2 cm³/mol. The molecule has 2 rings (SSSR count). The van der Waals surface area contributed by atoms with E-state index >= 15 is 0 Å². The molecule has 0 aliphatic rings. The maximum atomic E-state index is 5.57. The molecule has 0 spiro atoms. The fourth-order valence-corrected chi connectivity index (χ4v) is 2.55. The van der Waals surface area contributed by atoms with Crippen molar-refractivity contribution in [3.63, 3.8) is 0 Å². The van der Waals surface area contributed by atoms with Crippen LogP contribution in [0.1, 0.15) is 44.0 Å². The molecule has 0 fully saturated rings. The molecular weight excluding hydrogens is 260 g/mol. The molecule has 1 unspecified atom stereocenters. The number of hydrogen-bond acceptors (Lipinski definition) is 6. The summed E-state index contributed by atoms with van der Waals surface area (Å²) in [5.41, 5.74) is 0. The van der Waals surface area contributed by atoms with Gasteiger partial charge in [-0.25, -0.2) is 0 Å². The summed E-state index contributed by atoms with van der Waals surface area (Å²) < 4.78 is 5.57. The molecule has 2 aromatic rings. The van der Waals surface area contributed by atoms with Gasteiger partial charge in [0.15, 0.2) is 0 Å². The van der Waals surface area contributed by atoms with Gasteiger partial charge in [0.25, 0.3) is 0 Å². The largest absolute Gasteiger partial charge is 0.407 e. The Balaban J connectivity index is 1.95. The van der Waals surface area contributed by atoms with Crippen LogP contribution in [0.4, 0.5) is 6.01 Å². The van der Waals surface area contributed by atoms with E-state index in [1.165, 1.54) is 4.88 Å². The van der Waals surface area contributed by atoms with Crippen LogP contribution in [0.25, 0.3) is 0 Å². The maximum Gasteiger partial charge on any atom is 0.316 e. The predicted octanol–water partition coefficient (Wildman–Crippen LogP) is 3.19. The smallest absolute Gasteiger partial charge is 0.316 e. The normalized spacial score (nSPS) is 12.8. The van der Waals surface area contributed by atoms with E-state index in [-0.39, 0.29) is 6.04 Å². The number of anilines is 1. The number of thiophene rings is 1. The highest BCUT2D eigenvalue weighted by Crippen LogP contribution is 2.25. The van der Waals surface area contributed by atoms with Gasteiger partial charge in [0.1, 0.15) is 0 Å². The fraction of sp³-hybridized carbons (Fsp3) is 0.538. The van der Waals surface area contributed by atoms with E-state index in [4.69, 9.17) is 4.42 Å². The molecule has 2 aromatic heterocycles. The number of rotatable bonds is 7. The minimum absolute atomic E-state index is 0.228. The van der Waals surface area contributed by atoms with Crippen LogP contribution in [0.2, 0.25) is 0 Å². The molecule has 0 radical (unpaired) electrons. The molecule has 6 heteroatoms. The Kier molecular flexibility index (Phi) is 4.93. The van der Waals surface area contributed by atoms with Gasteiger partial charge in [-0.1, -0.05) is 31.9 Å². The number of hydrogen-bond donors (Lipinski definition) is 2. The average molecular weight is 280 g/mol. The van der Waals surface area contributed by atoms with Gasteiger partial charge < -0.3 is 15.1 Å². The second-order valence-corrected chi connectivity index (χ2v) is 5.64. The van der Waals surface area contributed by atoms with E-state index in [1.807, 2.05) is 0 Å². The van der Waals surface area contributed by atoms with Crippen molar-refractivity contribution in [2.24, 2.45) is 0 Å². The van der Waals surface area contributed by atoms with Crippen molar-refractivity contribution in [2.75, 3.05) is 5.32 Å². The zero-order valence-corrected chi connectivity index (χ0v) is 12.3. The summed E-state index contributed by atoms with van der Waals surface area (Å²) in [7, 11) is 0. The van der Waals surface area contributed by atoms with E-state index in [2.05, 4.69) is 59.1 Å². The Morgan fingerprint density at radius 1 is 1.37 bits per heavy atom. The SMILES string of the molecule is CCC(Nc1nnc(CNC(C)C)o1)c1cccs1. The third kappa shape index (κ3) is 4.04. The van der Waals surface area contributed by atoms with Crippen molar-refractivity contribution in [3.05, 3.63) is 28.3 Å². The van der Waals surface area contributed by atoms with E-state index in [0.29, 0.717) is 24.5 Å². The zero-order chi connectivity index (χ0) is 13.7. The molecule has 0 amide bonds. The van der Waals surface area contributed by atoms with Gasteiger partial charge in [0, 0.05) is 10.9 Å². The van der Waals surface area contributed by atoms with Crippen molar-refractivity contribution < 1.29 is 4.42 Å². The van der Waals surface area contributed by atoms with Crippen LogP contribution in [-0.4, -0.2) is 16.2 Å². The molecule has 104 valence electrons. The molecule has 0 aliphatic heterocycles. The van der Waals surface area contributed by atoms with E-state index in [9.17, 15) is 0 Å². The van der Waals surface area contributed by atoms with Crippen LogP contribution in [0.3, 0.4) is 0 Å². The summed E-state index contributed by atoms with van der Waals surface area (Å²) in [5, 5.41) is 16.7. The van der Waals surface area contributed by atoms with Crippen molar-refractivity contribution >= 4 is 17.4 Å². The first-order valence-electron chi connectivity index (χ1n) is 6.54. The third-order valence-electron chi connectivity index (χ3n) is 2.72. The molecular formula is C13H20N4OS. The second kappa shape index (κ2) is 6.68. The lowest BCUT2D eigenvalue weighted by Crippen LogP contribution is -2.21. The minimum atomic E-state index is 0.228. The highest BCUT2D eigenvalue weighted by molar-refractivity contribution is 7.10. The van der Waals surface area contributed by atoms with Crippen molar-refractivity contribution in [1.29, 1.82) is 0 Å². The number of aromatic nitrogens is 2. The Labute approximate surface area is 117 Å². The lowest BCUT2D eigenvalue weighted by atomic mass is 10.2. The summed E-state index contributed by atoms with van der Waals surface area (Å²) in [4.78, 5) is 1.28. The molecule has 2 N–H and O–H groups in total. The molecule has 5 nitrogen and oxygen atoms in total. The summed E-state index contributed by atoms with van der Waals surface area (Å²) in [6, 6.07) is 5.28. The Hall–Kier alpha value is -1.40. The van der Waals surface area contributed by atoms with E-state index in [1.54, 1.807) is 11.3 Å². The lowest BCUT2D eigenvalue weighted by Gasteiger charge is -2.12. The van der Waals surface area contributed by atoms with Crippen LogP contribution in [0.15, 0.2) is 21.9 Å². The van der Waals surface area contributed by atoms with Gasteiger partial charge in [-0.15, -0.1) is 16.4 Å². The topological polar surface area (TPSA) is 63.0 Å². The van der Waals surface area contributed by atoms with Gasteiger partial charge in [0.2, 0.25) is 5.89 Å². The van der Waals surface area contributed by atoms with Crippen molar-refractivity contribution in [1.82, 2.24) is 15.5 Å². The molecule has 0 bridgehead atoms. The molecule has 2 heterocycles. The average Bonchev–Trinajstić information content (AvgIpc) is 3.05. The molecule has 0 saturated carbocycles. The zero-order valence-electron chi connectivity index (χ0n) is 11.5. The summed E-state index contributed by atoms with van der Waals surface area (Å²) in [6.07, 6.45) is 0.975. The second-order valence-electron chi connectivity index (χ2n) is 4.66. The van der Waals surface area contributed by atoms with Crippen molar-refractivity contribution in [3.8, 4) is 0 Å². The highest BCUT2D eigenvalue weighted by Gasteiger charge is 2.14. The molecule has 0 aromatic carbocycles. The fourth-order valence-electron chi connectivity index (χ4n) is 1.69. The Morgan fingerprint density at radius 3 is 2.84 bits per heavy atom. The Morgan fingerprint density at radius 2 is 2.21 bits per heavy atom. The van der Waals surface area contributed by atoms with Crippen LogP contribution >= 0.6 is 11.3 Å². The van der Waals surface area contributed by atoms with Crippen LogP contribution < -0.4 is 10.6 Å². The maximum absolute atomic E-state index is 5.57. The van der Waals surface area contributed by atoms with Gasteiger partial charge in [-0.05, 0) is 17.9 Å². The number of nitrogens with one attached hydrogen (secondary N) is 2. The van der Waals surface area contributed by atoms with Crippen LogP contribution in [0, 0.1) is 0 Å². The number of nitrogens with zero attached hydrogens (tertiary/aromatic N) is 2. The molecule has 19 heavy (non-hydrogen) atoms. The quantitative estimate of drug-likeness (QED) is 0.815. The molecule has 0 saturated heterocycles. The van der Waals surface area contributed by atoms with Gasteiger partial charge in [0.05, 0.1) is 12.6 Å². The third-order valence-corrected chi connectivity index (χ3v) is 3.71. The first kappa shape index (κ1) is 14.0. The van der Waals surface area contributed by atoms with E-state index in [0.717, 1.165) is 6.42 Å². The monoisotopic (exact) mass is 280 g/mol. The van der Waals surface area contributed by atoms with Gasteiger partial charge in [-0.2, -0.15) is 0 Å². The van der Waals surface area contributed by atoms with Gasteiger partial charge in [-0.3, -0.25) is 0 Å². The molecule has 1 atom stereocenters. The van der Waals surface area contributed by atoms with Gasteiger partial charge >= 0.3 is 6.01 Å². The molecule has 0 aliphatic carbocycles. The van der Waals surface area contributed by atoms with E-state index < -0.39 is 0 Å². The Bertz CT molecular complexity index is 481. The summed E-state index contributed by atoms with van der Waals surface area (Å²) in [5.74, 6) is 0.609. The summed E-state index contributed by atoms with van der Waals surface area (Å²) >= 11 is 1.73.